The molecular weight excluding hydrogens is 361 g/mol. The van der Waals surface area contributed by atoms with Crippen LogP contribution in [-0.4, -0.2) is 23.1 Å². The molecule has 0 radical (unpaired) electrons. The van der Waals surface area contributed by atoms with Crippen molar-refractivity contribution < 1.29 is 13.9 Å². The molecule has 7 nitrogen and oxygen atoms in total. The van der Waals surface area contributed by atoms with Crippen molar-refractivity contribution in [2.24, 2.45) is 11.7 Å². The molecule has 1 aromatic heterocycles. The van der Waals surface area contributed by atoms with E-state index in [0.29, 0.717) is 5.88 Å². The average molecular weight is 381 g/mol. The first-order valence-corrected chi connectivity index (χ1v) is 8.47. The number of ether oxygens (including phenoxy) is 1. The van der Waals surface area contributed by atoms with Gasteiger partial charge in [0.15, 0.2) is 0 Å². The maximum atomic E-state index is 14.4. The number of benzene rings is 2. The zero-order chi connectivity index (χ0) is 20.1. The number of halogens is 1. The molecule has 0 atom stereocenters. The number of hydrogen-bond acceptors (Lipinski definition) is 5. The molecule has 144 valence electrons. The van der Waals surface area contributed by atoms with Gasteiger partial charge in [-0.15, -0.1) is 0 Å². The average Bonchev–Trinajstić information content (AvgIpc) is 2.72. The third kappa shape index (κ3) is 4.25. The summed E-state index contributed by atoms with van der Waals surface area (Å²) < 4.78 is 20.1. The number of urea groups is 1. The third-order valence-corrected chi connectivity index (χ3v) is 4.02. The van der Waals surface area contributed by atoms with E-state index in [1.807, 2.05) is 36.4 Å². The van der Waals surface area contributed by atoms with Gasteiger partial charge in [0.05, 0.1) is 16.9 Å². The summed E-state index contributed by atoms with van der Waals surface area (Å²) in [6.07, 6.45) is 0. The van der Waals surface area contributed by atoms with E-state index in [0.717, 1.165) is 21.3 Å². The highest BCUT2D eigenvalue weighted by atomic mass is 19.1. The first kappa shape index (κ1) is 19.3. The van der Waals surface area contributed by atoms with E-state index in [4.69, 9.17) is 16.4 Å². The van der Waals surface area contributed by atoms with Gasteiger partial charge < -0.3 is 4.74 Å². The molecule has 2 amide bonds. The molecule has 0 fully saturated rings. The zero-order valence-electron chi connectivity index (χ0n) is 15.2. The number of hydrazine groups is 2. The van der Waals surface area contributed by atoms with Gasteiger partial charge in [0.1, 0.15) is 12.4 Å². The Balaban J connectivity index is 1.83. The van der Waals surface area contributed by atoms with E-state index in [1.54, 1.807) is 12.1 Å². The largest absolute Gasteiger partial charge is 0.473 e. The van der Waals surface area contributed by atoms with E-state index < -0.39 is 11.8 Å². The van der Waals surface area contributed by atoms with Crippen LogP contribution < -0.4 is 21.4 Å². The number of carbonyl (C=O) groups excluding carboxylic acids is 1. The Hall–Kier alpha value is -3.49. The molecule has 0 unspecified atom stereocenters. The Morgan fingerprint density at radius 2 is 1.75 bits per heavy atom. The fourth-order valence-corrected chi connectivity index (χ4v) is 2.60. The minimum Gasteiger partial charge on any atom is -0.473 e. The van der Waals surface area contributed by atoms with E-state index in [2.05, 4.69) is 4.98 Å². The molecule has 0 aliphatic heterocycles. The second-order valence-electron chi connectivity index (χ2n) is 6.02. The highest BCUT2D eigenvalue weighted by Crippen LogP contribution is 2.25. The summed E-state index contributed by atoms with van der Waals surface area (Å²) in [6, 6.07) is 18.5. The highest BCUT2D eigenvalue weighted by Gasteiger charge is 2.20. The minimum absolute atomic E-state index is 0.118. The molecule has 28 heavy (non-hydrogen) atoms. The molecule has 0 saturated heterocycles. The van der Waals surface area contributed by atoms with Crippen molar-refractivity contribution in [1.82, 2.24) is 9.99 Å². The van der Waals surface area contributed by atoms with Crippen LogP contribution in [0.1, 0.15) is 5.56 Å². The van der Waals surface area contributed by atoms with Crippen molar-refractivity contribution >= 4 is 11.7 Å². The zero-order valence-corrected chi connectivity index (χ0v) is 15.2. The Kier molecular flexibility index (Phi) is 5.83. The molecule has 4 N–H and O–H groups in total. The second-order valence-corrected chi connectivity index (χ2v) is 6.02. The van der Waals surface area contributed by atoms with Gasteiger partial charge in [0.25, 0.3) is 0 Å². The lowest BCUT2D eigenvalue weighted by atomic mass is 10.1. The number of aromatic nitrogens is 1. The Bertz CT molecular complexity index is 966. The predicted molar refractivity (Wildman–Crippen MR) is 104 cm³/mol. The topological polar surface area (TPSA) is 97.7 Å². The maximum Gasteiger partial charge on any atom is 0.352 e. The lowest BCUT2D eigenvalue weighted by Gasteiger charge is -2.23. The van der Waals surface area contributed by atoms with Gasteiger partial charge in [-0.2, -0.15) is 0 Å². The molecular formula is C20H20FN5O2. The molecule has 0 spiro atoms. The van der Waals surface area contributed by atoms with Crippen molar-refractivity contribution in [2.45, 2.75) is 6.61 Å². The summed E-state index contributed by atoms with van der Waals surface area (Å²) in [4.78, 5) is 16.4. The van der Waals surface area contributed by atoms with Crippen molar-refractivity contribution in [3.63, 3.8) is 0 Å². The van der Waals surface area contributed by atoms with Crippen LogP contribution in [-0.2, 0) is 6.61 Å². The van der Waals surface area contributed by atoms with Gasteiger partial charge in [-0.3, -0.25) is 5.01 Å². The first-order chi connectivity index (χ1) is 13.5. The van der Waals surface area contributed by atoms with Crippen LogP contribution in [0.2, 0.25) is 0 Å². The molecule has 0 bridgehead atoms. The maximum absolute atomic E-state index is 14.4. The van der Waals surface area contributed by atoms with Gasteiger partial charge in [-0.1, -0.05) is 42.5 Å². The van der Waals surface area contributed by atoms with E-state index >= 15 is 0 Å². The van der Waals surface area contributed by atoms with Crippen molar-refractivity contribution in [1.29, 1.82) is 0 Å². The fourth-order valence-electron chi connectivity index (χ4n) is 2.60. The Labute approximate surface area is 161 Å². The summed E-state index contributed by atoms with van der Waals surface area (Å²) in [5, 5.41) is 1.58. The van der Waals surface area contributed by atoms with Crippen LogP contribution in [0.15, 0.2) is 66.7 Å². The van der Waals surface area contributed by atoms with Crippen molar-refractivity contribution in [2.75, 3.05) is 12.1 Å². The van der Waals surface area contributed by atoms with Crippen LogP contribution >= 0.6 is 0 Å². The fraction of sp³-hybridized carbons (Fsp3) is 0.100. The van der Waals surface area contributed by atoms with Gasteiger partial charge >= 0.3 is 6.03 Å². The van der Waals surface area contributed by atoms with Crippen molar-refractivity contribution in [3.8, 4) is 17.1 Å². The first-order valence-electron chi connectivity index (χ1n) is 8.47. The van der Waals surface area contributed by atoms with Gasteiger partial charge in [-0.05, 0) is 18.2 Å². The van der Waals surface area contributed by atoms with Crippen LogP contribution in [0, 0.1) is 5.82 Å². The summed E-state index contributed by atoms with van der Waals surface area (Å²) in [7, 11) is 1.34. The number of anilines is 1. The number of nitrogens with two attached hydrogens (primary N) is 2. The number of rotatable bonds is 5. The summed E-state index contributed by atoms with van der Waals surface area (Å²) in [5.41, 5.74) is 1.94. The molecule has 2 aromatic carbocycles. The normalized spacial score (nSPS) is 10.4. The van der Waals surface area contributed by atoms with Crippen molar-refractivity contribution in [3.05, 3.63) is 78.1 Å². The predicted octanol–water partition coefficient (Wildman–Crippen LogP) is 3.07. The minimum atomic E-state index is -0.698. The van der Waals surface area contributed by atoms with Crippen LogP contribution in [0.5, 0.6) is 5.88 Å². The number of carbonyl (C=O) groups is 1. The molecule has 0 aliphatic rings. The lowest BCUT2D eigenvalue weighted by molar-refractivity contribution is 0.216. The van der Waals surface area contributed by atoms with Gasteiger partial charge in [-0.25, -0.2) is 30.9 Å². The SMILES string of the molecule is CN(N)C(=O)N(N)c1cccc(F)c1COc1cccc(-c2ccccc2)n1. The second kappa shape index (κ2) is 8.47. The molecule has 3 aromatic rings. The number of amides is 2. The monoisotopic (exact) mass is 381 g/mol. The van der Waals surface area contributed by atoms with Crippen LogP contribution in [0.25, 0.3) is 11.3 Å². The van der Waals surface area contributed by atoms with E-state index in [-0.39, 0.29) is 17.9 Å². The Morgan fingerprint density at radius 3 is 2.46 bits per heavy atom. The van der Waals surface area contributed by atoms with E-state index in [9.17, 15) is 9.18 Å². The molecule has 0 saturated carbocycles. The van der Waals surface area contributed by atoms with Crippen LogP contribution in [0.4, 0.5) is 14.9 Å². The number of pyridine rings is 1. The Morgan fingerprint density at radius 1 is 1.04 bits per heavy atom. The highest BCUT2D eigenvalue weighted by molar-refractivity contribution is 5.91. The quantitative estimate of drug-likeness (QED) is 0.402. The number of nitrogens with zero attached hydrogens (tertiary/aromatic N) is 3. The summed E-state index contributed by atoms with van der Waals surface area (Å²) in [5.74, 6) is 11.0. The van der Waals surface area contributed by atoms with E-state index in [1.165, 1.54) is 25.2 Å². The lowest BCUT2D eigenvalue weighted by Crippen LogP contribution is -2.49. The van der Waals surface area contributed by atoms with Gasteiger partial charge in [0.2, 0.25) is 5.88 Å². The number of hydrogen-bond donors (Lipinski definition) is 2. The summed E-state index contributed by atoms with van der Waals surface area (Å²) >= 11 is 0. The molecule has 3 rings (SSSR count). The standard InChI is InChI=1S/C20H20FN5O2/c1-25(22)20(27)26(23)18-11-5-9-16(21)15(18)13-28-19-12-6-10-17(24-19)14-7-3-2-4-8-14/h2-12H,13,22-23H2,1H3. The third-order valence-electron chi connectivity index (χ3n) is 4.02. The molecule has 8 heteroatoms. The van der Waals surface area contributed by atoms with Crippen LogP contribution in [0.3, 0.4) is 0 Å². The molecule has 0 aliphatic carbocycles. The molecule has 1 heterocycles. The van der Waals surface area contributed by atoms with Gasteiger partial charge in [0, 0.05) is 18.7 Å². The smallest absolute Gasteiger partial charge is 0.352 e. The summed E-state index contributed by atoms with van der Waals surface area (Å²) in [6.45, 7) is -0.164.